The number of nitrogens with one attached hydrogen (secondary N) is 2. The molecule has 1 aromatic heterocycles. The number of hydrogen-bond acceptors (Lipinski definition) is 5. The van der Waals surface area contributed by atoms with E-state index in [0.29, 0.717) is 33.0 Å². The van der Waals surface area contributed by atoms with Gasteiger partial charge in [-0.15, -0.1) is 23.1 Å². The molecule has 9 heteroatoms. The van der Waals surface area contributed by atoms with E-state index >= 15 is 0 Å². The van der Waals surface area contributed by atoms with Crippen LogP contribution in [0.4, 0.5) is 10.8 Å². The van der Waals surface area contributed by atoms with Crippen LogP contribution in [0.15, 0.2) is 83.1 Å². The molecule has 3 aromatic carbocycles. The molecule has 0 bridgehead atoms. The molecule has 1 atom stereocenters. The highest BCUT2D eigenvalue weighted by atomic mass is 35.5. The van der Waals surface area contributed by atoms with Gasteiger partial charge in [-0.05, 0) is 42.8 Å². The first-order chi connectivity index (χ1) is 16.9. The number of benzene rings is 3. The molecule has 4 aromatic rings. The molecule has 178 valence electrons. The Morgan fingerprint density at radius 3 is 2.54 bits per heavy atom. The van der Waals surface area contributed by atoms with E-state index in [0.717, 1.165) is 16.0 Å². The summed E-state index contributed by atoms with van der Waals surface area (Å²) in [4.78, 5) is 30.5. The Hall–Kier alpha value is -2.84. The Balaban J connectivity index is 1.33. The lowest BCUT2D eigenvalue weighted by molar-refractivity contribution is -0.116. The minimum absolute atomic E-state index is 0.0920. The van der Waals surface area contributed by atoms with Crippen molar-refractivity contribution in [1.29, 1.82) is 0 Å². The molecule has 5 nitrogen and oxygen atoms in total. The Bertz CT molecular complexity index is 1350. The quantitative estimate of drug-likeness (QED) is 0.227. The molecule has 2 N–H and O–H groups in total. The first kappa shape index (κ1) is 25.3. The summed E-state index contributed by atoms with van der Waals surface area (Å²) < 4.78 is 0. The van der Waals surface area contributed by atoms with Gasteiger partial charge in [0.1, 0.15) is 0 Å². The number of carbonyl (C=O) groups is 2. The molecule has 1 unspecified atom stereocenters. The van der Waals surface area contributed by atoms with Crippen LogP contribution in [0.5, 0.6) is 0 Å². The number of hydrogen-bond donors (Lipinski definition) is 2. The van der Waals surface area contributed by atoms with Gasteiger partial charge in [0.15, 0.2) is 5.13 Å². The highest BCUT2D eigenvalue weighted by Crippen LogP contribution is 2.31. The molecule has 35 heavy (non-hydrogen) atoms. The largest absolute Gasteiger partial charge is 0.326 e. The lowest BCUT2D eigenvalue weighted by atomic mass is 10.1. The summed E-state index contributed by atoms with van der Waals surface area (Å²) in [6, 6.07) is 22.3. The second-order valence-corrected chi connectivity index (χ2v) is 10.7. The Kier molecular flexibility index (Phi) is 8.46. The molecule has 0 saturated heterocycles. The number of nitrogens with zero attached hydrogens (tertiary/aromatic N) is 1. The van der Waals surface area contributed by atoms with Gasteiger partial charge in [0.2, 0.25) is 11.8 Å². The number of amides is 2. The average Bonchev–Trinajstić information content (AvgIpc) is 3.30. The van der Waals surface area contributed by atoms with E-state index in [2.05, 4.69) is 15.6 Å². The Morgan fingerprint density at radius 2 is 1.77 bits per heavy atom. The summed E-state index contributed by atoms with van der Waals surface area (Å²) in [7, 11) is 0. The van der Waals surface area contributed by atoms with E-state index in [4.69, 9.17) is 23.2 Å². The molecule has 2 amide bonds. The standard InChI is InChI=1S/C26H21Cl2N3O2S2/c1-16(25(33)31-26-30-23(15-34-26)18-10-11-21(27)22(28)13-18)35-20-9-5-8-19(14-20)29-24(32)12-17-6-3-2-4-7-17/h2-11,13-16H,12H2,1H3,(H,29,32)(H,30,31,33). The molecule has 1 heterocycles. The van der Waals surface area contributed by atoms with Crippen molar-refractivity contribution in [2.45, 2.75) is 23.5 Å². The van der Waals surface area contributed by atoms with Crippen LogP contribution >= 0.6 is 46.3 Å². The summed E-state index contributed by atoms with van der Waals surface area (Å²) in [5.41, 5.74) is 3.17. The SMILES string of the molecule is CC(Sc1cccc(NC(=O)Cc2ccccc2)c1)C(=O)Nc1nc(-c2ccc(Cl)c(Cl)c2)cs1. The molecule has 4 rings (SSSR count). The van der Waals surface area contributed by atoms with Gasteiger partial charge in [0.05, 0.1) is 27.4 Å². The van der Waals surface area contributed by atoms with Gasteiger partial charge in [-0.3, -0.25) is 9.59 Å². The number of anilines is 2. The molecule has 0 aliphatic rings. The monoisotopic (exact) mass is 541 g/mol. The summed E-state index contributed by atoms with van der Waals surface area (Å²) >= 11 is 14.8. The van der Waals surface area contributed by atoms with Crippen LogP contribution in [-0.4, -0.2) is 22.0 Å². The summed E-state index contributed by atoms with van der Waals surface area (Å²) in [5, 5.41) is 8.71. The van der Waals surface area contributed by atoms with Crippen molar-refractivity contribution in [3.63, 3.8) is 0 Å². The first-order valence-electron chi connectivity index (χ1n) is 10.7. The summed E-state index contributed by atoms with van der Waals surface area (Å²) in [6.45, 7) is 1.83. The number of halogens is 2. The van der Waals surface area contributed by atoms with Crippen molar-refractivity contribution in [2.24, 2.45) is 0 Å². The molecular formula is C26H21Cl2N3O2S2. The van der Waals surface area contributed by atoms with Crippen molar-refractivity contribution in [2.75, 3.05) is 10.6 Å². The molecule has 0 fully saturated rings. The topological polar surface area (TPSA) is 71.1 Å². The zero-order chi connectivity index (χ0) is 24.8. The van der Waals surface area contributed by atoms with Crippen LogP contribution in [0.2, 0.25) is 10.0 Å². The molecule has 0 saturated carbocycles. The van der Waals surface area contributed by atoms with E-state index < -0.39 is 0 Å². The molecule has 0 aliphatic heterocycles. The lowest BCUT2D eigenvalue weighted by Gasteiger charge is -2.12. The number of thioether (sulfide) groups is 1. The predicted molar refractivity (Wildman–Crippen MR) is 147 cm³/mol. The van der Waals surface area contributed by atoms with Gasteiger partial charge in [-0.2, -0.15) is 0 Å². The minimum atomic E-state index is -0.373. The fourth-order valence-electron chi connectivity index (χ4n) is 3.22. The molecule has 0 spiro atoms. The van der Waals surface area contributed by atoms with Gasteiger partial charge in [-0.1, -0.05) is 65.7 Å². The first-order valence-corrected chi connectivity index (χ1v) is 13.2. The second-order valence-electron chi connectivity index (χ2n) is 7.65. The Morgan fingerprint density at radius 1 is 0.971 bits per heavy atom. The van der Waals surface area contributed by atoms with Gasteiger partial charge in [-0.25, -0.2) is 4.98 Å². The van der Waals surface area contributed by atoms with Crippen molar-refractivity contribution in [1.82, 2.24) is 4.98 Å². The number of carbonyl (C=O) groups excluding carboxylic acids is 2. The van der Waals surface area contributed by atoms with Crippen LogP contribution in [0, 0.1) is 0 Å². The predicted octanol–water partition coefficient (Wildman–Crippen LogP) is 7.42. The Labute approximate surface area is 221 Å². The summed E-state index contributed by atoms with van der Waals surface area (Å²) in [6.07, 6.45) is 0.301. The van der Waals surface area contributed by atoms with E-state index in [1.54, 1.807) is 12.1 Å². The zero-order valence-electron chi connectivity index (χ0n) is 18.6. The van der Waals surface area contributed by atoms with Crippen LogP contribution in [-0.2, 0) is 16.0 Å². The third-order valence-electron chi connectivity index (χ3n) is 4.96. The fourth-order valence-corrected chi connectivity index (χ4v) is 5.16. The molecule has 0 aliphatic carbocycles. The van der Waals surface area contributed by atoms with Gasteiger partial charge >= 0.3 is 0 Å². The molecule has 0 radical (unpaired) electrons. The van der Waals surface area contributed by atoms with Gasteiger partial charge in [0, 0.05) is 21.5 Å². The zero-order valence-corrected chi connectivity index (χ0v) is 21.8. The van der Waals surface area contributed by atoms with Crippen LogP contribution in [0.1, 0.15) is 12.5 Å². The van der Waals surface area contributed by atoms with Crippen LogP contribution in [0.25, 0.3) is 11.3 Å². The van der Waals surface area contributed by atoms with Crippen molar-refractivity contribution in [3.05, 3.63) is 93.8 Å². The van der Waals surface area contributed by atoms with E-state index in [1.807, 2.05) is 73.0 Å². The maximum absolute atomic E-state index is 12.8. The van der Waals surface area contributed by atoms with Crippen molar-refractivity contribution < 1.29 is 9.59 Å². The molecular weight excluding hydrogens is 521 g/mol. The smallest absolute Gasteiger partial charge is 0.239 e. The van der Waals surface area contributed by atoms with Crippen LogP contribution in [0.3, 0.4) is 0 Å². The van der Waals surface area contributed by atoms with E-state index in [-0.39, 0.29) is 17.1 Å². The maximum atomic E-state index is 12.8. The summed E-state index contributed by atoms with van der Waals surface area (Å²) in [5.74, 6) is -0.255. The van der Waals surface area contributed by atoms with Gasteiger partial charge < -0.3 is 10.6 Å². The highest BCUT2D eigenvalue weighted by molar-refractivity contribution is 8.00. The fraction of sp³-hybridized carbons (Fsp3) is 0.115. The number of thiazole rings is 1. The van der Waals surface area contributed by atoms with Crippen LogP contribution < -0.4 is 10.6 Å². The van der Waals surface area contributed by atoms with Crippen molar-refractivity contribution >= 4 is 68.9 Å². The number of aromatic nitrogens is 1. The number of rotatable bonds is 8. The van der Waals surface area contributed by atoms with Gasteiger partial charge in [0.25, 0.3) is 0 Å². The van der Waals surface area contributed by atoms with E-state index in [1.165, 1.54) is 23.1 Å². The minimum Gasteiger partial charge on any atom is -0.326 e. The second kappa shape index (κ2) is 11.7. The lowest BCUT2D eigenvalue weighted by Crippen LogP contribution is -2.22. The highest BCUT2D eigenvalue weighted by Gasteiger charge is 2.17. The third kappa shape index (κ3) is 7.08. The normalized spacial score (nSPS) is 11.6. The van der Waals surface area contributed by atoms with E-state index in [9.17, 15) is 9.59 Å². The maximum Gasteiger partial charge on any atom is 0.239 e. The third-order valence-corrected chi connectivity index (χ3v) is 7.55. The average molecular weight is 543 g/mol. The van der Waals surface area contributed by atoms with Crippen molar-refractivity contribution in [3.8, 4) is 11.3 Å².